The van der Waals surface area contributed by atoms with Crippen molar-refractivity contribution in [3.05, 3.63) is 0 Å². The lowest BCUT2D eigenvalue weighted by Gasteiger charge is -2.01. The first-order valence-corrected chi connectivity index (χ1v) is 1.87. The maximum atomic E-state index is 9.37. The highest BCUT2D eigenvalue weighted by atomic mass is 16.7. The Bertz CT molecular complexity index is 54.9. The van der Waals surface area contributed by atoms with Crippen molar-refractivity contribution in [3.63, 3.8) is 0 Å². The lowest BCUT2D eigenvalue weighted by Crippen LogP contribution is -2.33. The Balaban J connectivity index is 2.81. The van der Waals surface area contributed by atoms with Gasteiger partial charge in [-0.1, -0.05) is 0 Å². The summed E-state index contributed by atoms with van der Waals surface area (Å²) >= 11 is 0. The van der Waals surface area contributed by atoms with Crippen LogP contribution in [0.1, 0.15) is 6.92 Å². The molecule has 0 fully saturated rings. The van der Waals surface area contributed by atoms with Crippen molar-refractivity contribution >= 4 is 6.47 Å². The molecule has 42 valence electrons. The van der Waals surface area contributed by atoms with E-state index < -0.39 is 0 Å². The van der Waals surface area contributed by atoms with E-state index in [1.165, 1.54) is 0 Å². The van der Waals surface area contributed by atoms with Crippen LogP contribution in [0.3, 0.4) is 0 Å². The molecule has 3 N–H and O–H groups in total. The molecular weight excluding hydrogens is 96.0 g/mol. The smallest absolute Gasteiger partial charge is 0.312 e. The van der Waals surface area contributed by atoms with Gasteiger partial charge in [-0.3, -0.25) is 4.79 Å². The lowest BCUT2D eigenvalue weighted by molar-refractivity contribution is -0.136. The highest BCUT2D eigenvalue weighted by molar-refractivity contribution is 5.36. The molecule has 0 rings (SSSR count). The normalized spacial score (nSPS) is 12.9. The summed E-state index contributed by atoms with van der Waals surface area (Å²) in [4.78, 5) is 13.4. The molecule has 0 aliphatic rings. The van der Waals surface area contributed by atoms with Gasteiger partial charge in [0.25, 0.3) is 0 Å². The molecule has 7 heavy (non-hydrogen) atoms. The van der Waals surface area contributed by atoms with E-state index in [1.807, 2.05) is 0 Å². The zero-order chi connectivity index (χ0) is 5.70. The van der Waals surface area contributed by atoms with Crippen molar-refractivity contribution in [1.29, 1.82) is 0 Å². The van der Waals surface area contributed by atoms with Gasteiger partial charge >= 0.3 is 6.47 Å². The lowest BCUT2D eigenvalue weighted by atomic mass is 10.7. The summed E-state index contributed by atoms with van der Waals surface area (Å²) in [5.74, 6) is 0. The maximum absolute atomic E-state index is 9.37. The Morgan fingerprint density at radius 3 is 2.71 bits per heavy atom. The maximum Gasteiger partial charge on any atom is 0.312 e. The van der Waals surface area contributed by atoms with Gasteiger partial charge in [-0.05, 0) is 6.92 Å². The summed E-state index contributed by atoms with van der Waals surface area (Å²) in [7, 11) is 0. The second-order valence-electron chi connectivity index (χ2n) is 1.12. The zero-order valence-electron chi connectivity index (χ0n) is 4.05. The van der Waals surface area contributed by atoms with Gasteiger partial charge in [0.1, 0.15) is 0 Å². The van der Waals surface area contributed by atoms with Gasteiger partial charge in [-0.2, -0.15) is 0 Å². The van der Waals surface area contributed by atoms with Crippen LogP contribution in [0.25, 0.3) is 0 Å². The van der Waals surface area contributed by atoms with Crippen molar-refractivity contribution in [3.8, 4) is 0 Å². The summed E-state index contributed by atoms with van der Waals surface area (Å²) < 4.78 is 0. The van der Waals surface area contributed by atoms with E-state index in [0.29, 0.717) is 0 Å². The van der Waals surface area contributed by atoms with Gasteiger partial charge in [-0.25, -0.2) is 0 Å². The van der Waals surface area contributed by atoms with Gasteiger partial charge in [0.05, 0.1) is 6.17 Å². The molecule has 0 aliphatic carbocycles. The molecule has 0 spiro atoms. The van der Waals surface area contributed by atoms with Crippen LogP contribution in [-0.4, -0.2) is 12.6 Å². The number of hydroxylamine groups is 1. The number of nitrogens with one attached hydrogen (secondary N) is 1. The first kappa shape index (κ1) is 6.39. The van der Waals surface area contributed by atoms with Gasteiger partial charge in [0, 0.05) is 0 Å². The summed E-state index contributed by atoms with van der Waals surface area (Å²) in [6.07, 6.45) is -0.301. The highest BCUT2D eigenvalue weighted by Crippen LogP contribution is 1.60. The molecule has 0 aromatic carbocycles. The third-order valence-corrected chi connectivity index (χ3v) is 0.302. The van der Waals surface area contributed by atoms with Crippen LogP contribution >= 0.6 is 0 Å². The van der Waals surface area contributed by atoms with Crippen molar-refractivity contribution in [2.75, 3.05) is 0 Å². The quantitative estimate of drug-likeness (QED) is 0.273. The predicted molar refractivity (Wildman–Crippen MR) is 23.9 cm³/mol. The van der Waals surface area contributed by atoms with Crippen LogP contribution in [0.5, 0.6) is 0 Å². The molecule has 0 saturated carbocycles. The molecule has 4 heteroatoms. The minimum atomic E-state index is -0.301. The van der Waals surface area contributed by atoms with E-state index >= 15 is 0 Å². The van der Waals surface area contributed by atoms with Crippen molar-refractivity contribution in [1.82, 2.24) is 5.48 Å². The fraction of sp³-hybridized carbons (Fsp3) is 0.667. The molecule has 0 saturated heterocycles. The number of hydrogen-bond acceptors (Lipinski definition) is 4. The second-order valence-corrected chi connectivity index (χ2v) is 1.12. The van der Waals surface area contributed by atoms with Crippen LogP contribution < -0.4 is 11.2 Å². The van der Waals surface area contributed by atoms with Crippen molar-refractivity contribution in [2.45, 2.75) is 13.1 Å². The Kier molecular flexibility index (Phi) is 3.26. The molecule has 0 amide bonds. The van der Waals surface area contributed by atoms with E-state index in [0.717, 1.165) is 0 Å². The second kappa shape index (κ2) is 3.58. The molecule has 0 aromatic rings. The van der Waals surface area contributed by atoms with Crippen molar-refractivity contribution < 1.29 is 9.63 Å². The fourth-order valence-electron chi connectivity index (χ4n) is 0.135. The van der Waals surface area contributed by atoms with E-state index in [1.54, 1.807) is 6.92 Å². The minimum absolute atomic E-state index is 0.281. The molecule has 0 aliphatic heterocycles. The standard InChI is InChI=1S/C3H8N2O2/c1-3(4)5-7-2-6/h2-3,5H,4H2,1H3. The monoisotopic (exact) mass is 104 g/mol. The van der Waals surface area contributed by atoms with Crippen molar-refractivity contribution in [2.24, 2.45) is 5.73 Å². The van der Waals surface area contributed by atoms with Crippen LogP contribution in [0.15, 0.2) is 0 Å². The molecule has 4 nitrogen and oxygen atoms in total. The average molecular weight is 104 g/mol. The number of carbonyl (C=O) groups is 1. The number of hydrogen-bond donors (Lipinski definition) is 2. The molecule has 0 aromatic heterocycles. The third kappa shape index (κ3) is 5.39. The van der Waals surface area contributed by atoms with Gasteiger partial charge < -0.3 is 10.6 Å². The minimum Gasteiger partial charge on any atom is -0.372 e. The first-order valence-electron chi connectivity index (χ1n) is 1.87. The Morgan fingerprint density at radius 1 is 2.00 bits per heavy atom. The average Bonchev–Trinajstić information content (AvgIpc) is 1.61. The topological polar surface area (TPSA) is 64.3 Å². The third-order valence-electron chi connectivity index (χ3n) is 0.302. The van der Waals surface area contributed by atoms with Crippen LogP contribution in [-0.2, 0) is 9.63 Å². The predicted octanol–water partition coefficient (Wildman–Crippen LogP) is -1.03. The molecule has 1 atom stereocenters. The SMILES string of the molecule is CC(N)NOC=O. The number of rotatable bonds is 3. The van der Waals surface area contributed by atoms with E-state index in [4.69, 9.17) is 5.73 Å². The van der Waals surface area contributed by atoms with E-state index in [2.05, 4.69) is 10.3 Å². The zero-order valence-corrected chi connectivity index (χ0v) is 4.05. The first-order chi connectivity index (χ1) is 3.27. The largest absolute Gasteiger partial charge is 0.372 e. The molecule has 0 radical (unpaired) electrons. The van der Waals surface area contributed by atoms with Gasteiger partial charge in [0.15, 0.2) is 0 Å². The van der Waals surface area contributed by atoms with Gasteiger partial charge in [0.2, 0.25) is 0 Å². The Morgan fingerprint density at radius 2 is 2.57 bits per heavy atom. The molecule has 0 heterocycles. The summed E-state index contributed by atoms with van der Waals surface area (Å²) in [5, 5.41) is 0. The molecule has 0 bridgehead atoms. The van der Waals surface area contributed by atoms with Crippen LogP contribution in [0.4, 0.5) is 0 Å². The van der Waals surface area contributed by atoms with Crippen LogP contribution in [0, 0.1) is 0 Å². The Labute approximate surface area is 41.6 Å². The highest BCUT2D eigenvalue weighted by Gasteiger charge is 1.85. The molecular formula is C3H8N2O2. The summed E-state index contributed by atoms with van der Waals surface area (Å²) in [5.41, 5.74) is 7.29. The van der Waals surface area contributed by atoms with E-state index in [9.17, 15) is 4.79 Å². The van der Waals surface area contributed by atoms with Gasteiger partial charge in [-0.15, -0.1) is 5.48 Å². The fourth-order valence-corrected chi connectivity index (χ4v) is 0.135. The van der Waals surface area contributed by atoms with E-state index in [-0.39, 0.29) is 12.6 Å². The number of carbonyl (C=O) groups excluding carboxylic acids is 1. The number of nitrogens with two attached hydrogens (primary N) is 1. The summed E-state index contributed by atoms with van der Waals surface area (Å²) in [6, 6.07) is 0. The summed E-state index contributed by atoms with van der Waals surface area (Å²) in [6.45, 7) is 1.94. The Hall–Kier alpha value is -0.610. The molecule has 1 unspecified atom stereocenters. The van der Waals surface area contributed by atoms with Crippen LogP contribution in [0.2, 0.25) is 0 Å².